The summed E-state index contributed by atoms with van der Waals surface area (Å²) in [6.07, 6.45) is 1.09. The molecule has 0 aliphatic carbocycles. The Hall–Kier alpha value is -2.41. The maximum atomic E-state index is 12.1. The standard InChI is InChI=1S/C16H22N4O3/c1-4-20-11-18-19-15(20)9-17-16(21)12(2)23-10-13-6-5-7-14(8-13)22-3/h5-8,11-12H,4,9-10H2,1-3H3,(H,17,21). The van der Waals surface area contributed by atoms with Crippen molar-refractivity contribution in [2.45, 2.75) is 39.6 Å². The molecule has 1 N–H and O–H groups in total. The Morgan fingerprint density at radius 2 is 2.26 bits per heavy atom. The molecule has 1 heterocycles. The number of aryl methyl sites for hydroxylation is 1. The summed E-state index contributed by atoms with van der Waals surface area (Å²) in [7, 11) is 1.62. The quantitative estimate of drug-likeness (QED) is 0.798. The Labute approximate surface area is 135 Å². The van der Waals surface area contributed by atoms with E-state index in [2.05, 4.69) is 15.5 Å². The van der Waals surface area contributed by atoms with E-state index in [1.54, 1.807) is 20.4 Å². The van der Waals surface area contributed by atoms with E-state index in [9.17, 15) is 4.79 Å². The Balaban J connectivity index is 1.80. The van der Waals surface area contributed by atoms with E-state index in [-0.39, 0.29) is 5.91 Å². The van der Waals surface area contributed by atoms with E-state index in [4.69, 9.17) is 9.47 Å². The first-order valence-corrected chi connectivity index (χ1v) is 7.53. The number of amides is 1. The molecule has 0 fully saturated rings. The summed E-state index contributed by atoms with van der Waals surface area (Å²) >= 11 is 0. The first-order valence-electron chi connectivity index (χ1n) is 7.53. The first-order chi connectivity index (χ1) is 11.1. The van der Waals surface area contributed by atoms with Crippen LogP contribution in [0.4, 0.5) is 0 Å². The summed E-state index contributed by atoms with van der Waals surface area (Å²) in [6, 6.07) is 7.56. The molecule has 1 atom stereocenters. The van der Waals surface area contributed by atoms with Gasteiger partial charge in [0.1, 0.15) is 18.2 Å². The highest BCUT2D eigenvalue weighted by molar-refractivity contribution is 5.80. The number of nitrogens with zero attached hydrogens (tertiary/aromatic N) is 3. The van der Waals surface area contributed by atoms with Crippen molar-refractivity contribution in [3.05, 3.63) is 42.0 Å². The highest BCUT2D eigenvalue weighted by Crippen LogP contribution is 2.13. The first kappa shape index (κ1) is 17.0. The maximum absolute atomic E-state index is 12.1. The van der Waals surface area contributed by atoms with Crippen LogP contribution in [0.25, 0.3) is 0 Å². The number of benzene rings is 1. The van der Waals surface area contributed by atoms with E-state index in [0.29, 0.717) is 13.2 Å². The van der Waals surface area contributed by atoms with Crippen molar-refractivity contribution in [2.75, 3.05) is 7.11 Å². The predicted molar refractivity (Wildman–Crippen MR) is 84.8 cm³/mol. The van der Waals surface area contributed by atoms with E-state index >= 15 is 0 Å². The monoisotopic (exact) mass is 318 g/mol. The number of carbonyl (C=O) groups is 1. The molecule has 7 nitrogen and oxygen atoms in total. The van der Waals surface area contributed by atoms with Crippen LogP contribution in [-0.4, -0.2) is 33.9 Å². The van der Waals surface area contributed by atoms with Crippen molar-refractivity contribution < 1.29 is 14.3 Å². The van der Waals surface area contributed by atoms with Crippen LogP contribution in [0.1, 0.15) is 25.2 Å². The number of aromatic nitrogens is 3. The van der Waals surface area contributed by atoms with Crippen LogP contribution < -0.4 is 10.1 Å². The van der Waals surface area contributed by atoms with Crippen LogP contribution in [-0.2, 0) is 29.2 Å². The Bertz CT molecular complexity index is 642. The number of nitrogens with one attached hydrogen (secondary N) is 1. The van der Waals surface area contributed by atoms with Gasteiger partial charge >= 0.3 is 0 Å². The van der Waals surface area contributed by atoms with Gasteiger partial charge < -0.3 is 19.4 Å². The highest BCUT2D eigenvalue weighted by atomic mass is 16.5. The molecule has 2 aromatic rings. The lowest BCUT2D eigenvalue weighted by atomic mass is 10.2. The highest BCUT2D eigenvalue weighted by Gasteiger charge is 2.14. The van der Waals surface area contributed by atoms with Crippen molar-refractivity contribution in [1.82, 2.24) is 20.1 Å². The molecule has 0 aliphatic heterocycles. The second-order valence-electron chi connectivity index (χ2n) is 5.06. The molecule has 23 heavy (non-hydrogen) atoms. The van der Waals surface area contributed by atoms with Gasteiger partial charge in [0.05, 0.1) is 20.3 Å². The third-order valence-corrected chi connectivity index (χ3v) is 3.46. The fraction of sp³-hybridized carbons (Fsp3) is 0.438. The van der Waals surface area contributed by atoms with Crippen molar-refractivity contribution >= 4 is 5.91 Å². The Morgan fingerprint density at radius 3 is 3.00 bits per heavy atom. The van der Waals surface area contributed by atoms with Gasteiger partial charge in [-0.1, -0.05) is 12.1 Å². The number of carbonyl (C=O) groups excluding carboxylic acids is 1. The van der Waals surface area contributed by atoms with Crippen LogP contribution in [0.2, 0.25) is 0 Å². The van der Waals surface area contributed by atoms with Gasteiger partial charge in [0.15, 0.2) is 5.82 Å². The molecule has 7 heteroatoms. The third-order valence-electron chi connectivity index (χ3n) is 3.46. The molecule has 0 spiro atoms. The molecule has 124 valence electrons. The summed E-state index contributed by atoms with van der Waals surface area (Å²) in [5.41, 5.74) is 0.953. The third kappa shape index (κ3) is 4.79. The van der Waals surface area contributed by atoms with Gasteiger partial charge in [0, 0.05) is 6.54 Å². The minimum atomic E-state index is -0.556. The lowest BCUT2D eigenvalue weighted by Gasteiger charge is -2.14. The molecule has 0 bridgehead atoms. The van der Waals surface area contributed by atoms with Crippen LogP contribution in [0.5, 0.6) is 5.75 Å². The second-order valence-corrected chi connectivity index (χ2v) is 5.06. The van der Waals surface area contributed by atoms with Crippen LogP contribution in [0, 0.1) is 0 Å². The zero-order valence-electron chi connectivity index (χ0n) is 13.7. The van der Waals surface area contributed by atoms with E-state index in [1.165, 1.54) is 0 Å². The minimum absolute atomic E-state index is 0.182. The van der Waals surface area contributed by atoms with E-state index in [0.717, 1.165) is 23.7 Å². The average molecular weight is 318 g/mol. The summed E-state index contributed by atoms with van der Waals surface area (Å²) in [6.45, 7) is 5.16. The topological polar surface area (TPSA) is 78.3 Å². The van der Waals surface area contributed by atoms with Crippen molar-refractivity contribution in [1.29, 1.82) is 0 Å². The lowest BCUT2D eigenvalue weighted by molar-refractivity contribution is -0.132. The van der Waals surface area contributed by atoms with Crippen molar-refractivity contribution in [2.24, 2.45) is 0 Å². The SMILES string of the molecule is CCn1cnnc1CNC(=O)C(C)OCc1cccc(OC)c1. The number of hydrogen-bond donors (Lipinski definition) is 1. The molecule has 0 aliphatic rings. The van der Waals surface area contributed by atoms with Crippen molar-refractivity contribution in [3.63, 3.8) is 0 Å². The van der Waals surface area contributed by atoms with Gasteiger partial charge in [-0.3, -0.25) is 4.79 Å². The fourth-order valence-electron chi connectivity index (χ4n) is 2.05. The minimum Gasteiger partial charge on any atom is -0.497 e. The number of ether oxygens (including phenoxy) is 2. The molecular weight excluding hydrogens is 296 g/mol. The van der Waals surface area contributed by atoms with E-state index in [1.807, 2.05) is 35.8 Å². The number of hydrogen-bond acceptors (Lipinski definition) is 5. The van der Waals surface area contributed by atoms with Gasteiger partial charge in [-0.15, -0.1) is 10.2 Å². The summed E-state index contributed by atoms with van der Waals surface area (Å²) < 4.78 is 12.6. The van der Waals surface area contributed by atoms with Gasteiger partial charge in [-0.2, -0.15) is 0 Å². The maximum Gasteiger partial charge on any atom is 0.249 e. The zero-order chi connectivity index (χ0) is 16.7. The molecule has 1 aromatic carbocycles. The van der Waals surface area contributed by atoms with Gasteiger partial charge in [-0.05, 0) is 31.5 Å². The van der Waals surface area contributed by atoms with Gasteiger partial charge in [-0.25, -0.2) is 0 Å². The fourth-order valence-corrected chi connectivity index (χ4v) is 2.05. The van der Waals surface area contributed by atoms with Crippen molar-refractivity contribution in [3.8, 4) is 5.75 Å². The molecule has 1 unspecified atom stereocenters. The number of rotatable bonds is 8. The molecule has 2 rings (SSSR count). The van der Waals surface area contributed by atoms with Crippen LogP contribution >= 0.6 is 0 Å². The van der Waals surface area contributed by atoms with Crippen LogP contribution in [0.15, 0.2) is 30.6 Å². The normalized spacial score (nSPS) is 12.0. The molecular formula is C16H22N4O3. The molecule has 0 saturated heterocycles. The van der Waals surface area contributed by atoms with Crippen LogP contribution in [0.3, 0.4) is 0 Å². The molecule has 0 saturated carbocycles. The summed E-state index contributed by atoms with van der Waals surface area (Å²) in [4.78, 5) is 12.1. The molecule has 0 radical (unpaired) electrons. The molecule has 1 aromatic heterocycles. The predicted octanol–water partition coefficient (Wildman–Crippen LogP) is 1.53. The summed E-state index contributed by atoms with van der Waals surface area (Å²) in [5, 5.41) is 10.6. The Kier molecular flexibility index (Phi) is 6.10. The average Bonchev–Trinajstić information content (AvgIpc) is 3.05. The zero-order valence-corrected chi connectivity index (χ0v) is 13.7. The smallest absolute Gasteiger partial charge is 0.249 e. The largest absolute Gasteiger partial charge is 0.497 e. The van der Waals surface area contributed by atoms with Gasteiger partial charge in [0.2, 0.25) is 5.91 Å². The van der Waals surface area contributed by atoms with E-state index < -0.39 is 6.10 Å². The van der Waals surface area contributed by atoms with Gasteiger partial charge in [0.25, 0.3) is 0 Å². The Morgan fingerprint density at radius 1 is 1.43 bits per heavy atom. The lowest BCUT2D eigenvalue weighted by Crippen LogP contribution is -2.34. The number of methoxy groups -OCH3 is 1. The molecule has 1 amide bonds. The second kappa shape index (κ2) is 8.28. The summed E-state index contributed by atoms with van der Waals surface area (Å²) in [5.74, 6) is 1.31.